The molecule has 2 aromatic carbocycles. The number of benzene rings is 2. The van der Waals surface area contributed by atoms with Crippen LogP contribution in [0.1, 0.15) is 25.0 Å². The highest BCUT2D eigenvalue weighted by Gasteiger charge is 2.57. The van der Waals surface area contributed by atoms with Crippen LogP contribution in [-0.4, -0.2) is 50.8 Å². The van der Waals surface area contributed by atoms with Crippen molar-refractivity contribution in [1.82, 2.24) is 0 Å². The maximum atomic E-state index is 13.9. The summed E-state index contributed by atoms with van der Waals surface area (Å²) in [4.78, 5) is 15.8. The van der Waals surface area contributed by atoms with Gasteiger partial charge in [-0.05, 0) is 31.5 Å². The zero-order chi connectivity index (χ0) is 20.5. The van der Waals surface area contributed by atoms with Crippen molar-refractivity contribution in [1.29, 1.82) is 0 Å². The number of ether oxygens (including phenoxy) is 5. The van der Waals surface area contributed by atoms with Gasteiger partial charge in [-0.25, -0.2) is 0 Å². The molecule has 7 nitrogen and oxygen atoms in total. The highest BCUT2D eigenvalue weighted by atomic mass is 16.7. The average Bonchev–Trinajstić information content (AvgIpc) is 3.36. The average molecular weight is 409 g/mol. The topological polar surface area (TPSA) is 66.5 Å². The second-order valence-electron chi connectivity index (χ2n) is 8.57. The van der Waals surface area contributed by atoms with Crippen molar-refractivity contribution < 1.29 is 28.5 Å². The first-order valence-electron chi connectivity index (χ1n) is 10.3. The molecule has 0 saturated carbocycles. The normalized spacial score (nSPS) is 27.9. The number of hydrogen-bond donors (Lipinski definition) is 0. The number of para-hydroxylation sites is 1. The molecule has 0 radical (unpaired) electrons. The van der Waals surface area contributed by atoms with Crippen LogP contribution in [0.5, 0.6) is 17.2 Å². The number of carbonyl (C=O) groups is 1. The zero-order valence-electron chi connectivity index (χ0n) is 17.0. The van der Waals surface area contributed by atoms with E-state index < -0.39 is 11.2 Å². The van der Waals surface area contributed by atoms with E-state index in [-0.39, 0.29) is 18.6 Å². The molecule has 1 fully saturated rings. The molecular formula is C23H23NO6. The number of amides is 1. The van der Waals surface area contributed by atoms with Crippen molar-refractivity contribution in [3.05, 3.63) is 47.5 Å². The molecule has 1 saturated heterocycles. The number of anilines is 1. The molecule has 2 atom stereocenters. The van der Waals surface area contributed by atoms with Crippen LogP contribution in [0.4, 0.5) is 5.69 Å². The van der Waals surface area contributed by atoms with E-state index in [0.717, 1.165) is 16.8 Å². The Kier molecular flexibility index (Phi) is 3.68. The van der Waals surface area contributed by atoms with Crippen molar-refractivity contribution in [2.45, 2.75) is 31.2 Å². The zero-order valence-corrected chi connectivity index (χ0v) is 17.0. The monoisotopic (exact) mass is 409 g/mol. The summed E-state index contributed by atoms with van der Waals surface area (Å²) in [6.07, 6.45) is -0.186. The summed E-state index contributed by atoms with van der Waals surface area (Å²) in [5, 5.41) is 0. The molecule has 7 heteroatoms. The van der Waals surface area contributed by atoms with E-state index in [1.54, 1.807) is 0 Å². The van der Waals surface area contributed by atoms with Crippen LogP contribution in [0.2, 0.25) is 0 Å². The molecule has 4 aliphatic rings. The van der Waals surface area contributed by atoms with Crippen LogP contribution in [0, 0.1) is 0 Å². The lowest BCUT2D eigenvalue weighted by Crippen LogP contribution is -2.45. The molecule has 0 N–H and O–H groups in total. The third-order valence-corrected chi connectivity index (χ3v) is 6.27. The van der Waals surface area contributed by atoms with Crippen molar-refractivity contribution >= 4 is 11.6 Å². The maximum Gasteiger partial charge on any atom is 0.245 e. The van der Waals surface area contributed by atoms with Gasteiger partial charge in [0.1, 0.15) is 37.1 Å². The molecular weight excluding hydrogens is 386 g/mol. The lowest BCUT2D eigenvalue weighted by Gasteiger charge is -2.26. The first kappa shape index (κ1) is 18.0. The smallest absolute Gasteiger partial charge is 0.245 e. The molecule has 4 heterocycles. The summed E-state index contributed by atoms with van der Waals surface area (Å²) < 4.78 is 29.2. The van der Waals surface area contributed by atoms with Crippen molar-refractivity contribution in [3.8, 4) is 17.2 Å². The predicted octanol–water partition coefficient (Wildman–Crippen LogP) is 2.63. The van der Waals surface area contributed by atoms with Crippen LogP contribution < -0.4 is 19.1 Å². The third-order valence-electron chi connectivity index (χ3n) is 6.27. The quantitative estimate of drug-likeness (QED) is 0.760. The van der Waals surface area contributed by atoms with E-state index >= 15 is 0 Å². The van der Waals surface area contributed by atoms with E-state index in [1.807, 2.05) is 55.1 Å². The highest BCUT2D eigenvalue weighted by Crippen LogP contribution is 2.54. The minimum Gasteiger partial charge on any atom is -0.491 e. The number of nitrogens with zero attached hydrogens (tertiary/aromatic N) is 1. The molecule has 1 spiro atoms. The van der Waals surface area contributed by atoms with Gasteiger partial charge >= 0.3 is 0 Å². The molecule has 0 aliphatic carbocycles. The Hall–Kier alpha value is -2.77. The summed E-state index contributed by atoms with van der Waals surface area (Å²) in [5.41, 5.74) is 1.78. The fourth-order valence-corrected chi connectivity index (χ4v) is 4.95. The van der Waals surface area contributed by atoms with Gasteiger partial charge in [0.2, 0.25) is 5.91 Å². The van der Waals surface area contributed by atoms with Crippen LogP contribution in [-0.2, 0) is 19.7 Å². The minimum absolute atomic E-state index is 0.00701. The first-order chi connectivity index (χ1) is 14.5. The Morgan fingerprint density at radius 1 is 1.00 bits per heavy atom. The Morgan fingerprint density at radius 2 is 1.77 bits per heavy atom. The van der Waals surface area contributed by atoms with Gasteiger partial charge in [-0.2, -0.15) is 0 Å². The molecule has 30 heavy (non-hydrogen) atoms. The lowest BCUT2D eigenvalue weighted by molar-refractivity contribution is -0.138. The summed E-state index contributed by atoms with van der Waals surface area (Å²) in [5.74, 6) is 1.34. The molecule has 2 aromatic rings. The van der Waals surface area contributed by atoms with Crippen molar-refractivity contribution in [2.24, 2.45) is 0 Å². The van der Waals surface area contributed by atoms with Gasteiger partial charge in [-0.3, -0.25) is 4.79 Å². The van der Waals surface area contributed by atoms with E-state index in [9.17, 15) is 4.79 Å². The van der Waals surface area contributed by atoms with Gasteiger partial charge in [0.25, 0.3) is 0 Å². The summed E-state index contributed by atoms with van der Waals surface area (Å²) in [7, 11) is 0. The molecule has 156 valence electrons. The molecule has 0 bridgehead atoms. The van der Waals surface area contributed by atoms with E-state index in [0.29, 0.717) is 43.6 Å². The highest BCUT2D eigenvalue weighted by molar-refractivity contribution is 6.11. The number of carbonyl (C=O) groups excluding carboxylic acids is 1. The number of fused-ring (bicyclic) bond motifs is 5. The van der Waals surface area contributed by atoms with Crippen LogP contribution >= 0.6 is 0 Å². The predicted molar refractivity (Wildman–Crippen MR) is 107 cm³/mol. The van der Waals surface area contributed by atoms with E-state index in [4.69, 9.17) is 23.7 Å². The standard InChI is InChI=1S/C23H23NO6/c1-22(2)29-12-14(30-22)11-24-17-6-4-3-5-15(17)23(21(24)25)13-28-18-10-20-19(9-16(18)23)26-7-8-27-20/h3-6,9-10,14H,7-8,11-13H2,1-2H3. The number of rotatable bonds is 2. The SMILES string of the molecule is CC1(C)OCC(CN2C(=O)C3(COc4cc5c(cc43)OCCO5)c3ccccc32)O1. The van der Waals surface area contributed by atoms with Gasteiger partial charge in [0, 0.05) is 17.3 Å². The van der Waals surface area contributed by atoms with Gasteiger partial charge in [0.05, 0.1) is 13.2 Å². The number of hydrogen-bond acceptors (Lipinski definition) is 6. The van der Waals surface area contributed by atoms with Crippen LogP contribution in [0.25, 0.3) is 0 Å². The fourth-order valence-electron chi connectivity index (χ4n) is 4.95. The second-order valence-corrected chi connectivity index (χ2v) is 8.57. The Morgan fingerprint density at radius 3 is 2.53 bits per heavy atom. The first-order valence-corrected chi connectivity index (χ1v) is 10.3. The van der Waals surface area contributed by atoms with Crippen molar-refractivity contribution in [2.75, 3.05) is 37.9 Å². The molecule has 2 unspecified atom stereocenters. The Balaban J connectivity index is 1.43. The Bertz CT molecular complexity index is 1050. The fraction of sp³-hybridized carbons (Fsp3) is 0.435. The molecule has 4 aliphatic heterocycles. The molecule has 1 amide bonds. The lowest BCUT2D eigenvalue weighted by atomic mass is 9.77. The maximum absolute atomic E-state index is 13.9. The molecule has 0 aromatic heterocycles. The second kappa shape index (κ2) is 6.12. The van der Waals surface area contributed by atoms with Gasteiger partial charge < -0.3 is 28.6 Å². The summed E-state index contributed by atoms with van der Waals surface area (Å²) >= 11 is 0. The molecule has 6 rings (SSSR count). The largest absolute Gasteiger partial charge is 0.491 e. The summed E-state index contributed by atoms with van der Waals surface area (Å²) in [6.45, 7) is 5.92. The van der Waals surface area contributed by atoms with Gasteiger partial charge in [0.15, 0.2) is 17.3 Å². The van der Waals surface area contributed by atoms with E-state index in [1.165, 1.54) is 0 Å². The van der Waals surface area contributed by atoms with Gasteiger partial charge in [-0.1, -0.05) is 18.2 Å². The van der Waals surface area contributed by atoms with Gasteiger partial charge in [-0.15, -0.1) is 0 Å². The Labute approximate surface area is 174 Å². The summed E-state index contributed by atoms with van der Waals surface area (Å²) in [6, 6.07) is 11.7. The van der Waals surface area contributed by atoms with Crippen molar-refractivity contribution in [3.63, 3.8) is 0 Å². The van der Waals surface area contributed by atoms with Crippen LogP contribution in [0.3, 0.4) is 0 Å². The van der Waals surface area contributed by atoms with E-state index in [2.05, 4.69) is 0 Å². The van der Waals surface area contributed by atoms with Crippen LogP contribution in [0.15, 0.2) is 36.4 Å². The third kappa shape index (κ3) is 2.42. The minimum atomic E-state index is -0.892.